The third-order valence-corrected chi connectivity index (χ3v) is 2.41. The van der Waals surface area contributed by atoms with Crippen molar-refractivity contribution in [1.82, 2.24) is 15.3 Å². The van der Waals surface area contributed by atoms with Crippen LogP contribution in [-0.4, -0.2) is 36.6 Å². The van der Waals surface area contributed by atoms with Gasteiger partial charge in [0.15, 0.2) is 0 Å². The largest absolute Gasteiger partial charge is 0.343 e. The Morgan fingerprint density at radius 1 is 1.33 bits per heavy atom. The average Bonchev–Trinajstić information content (AvgIpc) is 2.25. The molecular formula is C10H17BrN4. The van der Waals surface area contributed by atoms with E-state index < -0.39 is 0 Å². The van der Waals surface area contributed by atoms with Gasteiger partial charge in [0.2, 0.25) is 5.95 Å². The lowest BCUT2D eigenvalue weighted by molar-refractivity contribution is 0.661. The van der Waals surface area contributed by atoms with Crippen molar-refractivity contribution in [3.8, 4) is 0 Å². The topological polar surface area (TPSA) is 41.0 Å². The minimum Gasteiger partial charge on any atom is -0.343 e. The second kappa shape index (κ2) is 6.74. The van der Waals surface area contributed by atoms with Crippen molar-refractivity contribution < 1.29 is 0 Å². The van der Waals surface area contributed by atoms with E-state index in [0.29, 0.717) is 0 Å². The van der Waals surface area contributed by atoms with Gasteiger partial charge in [0, 0.05) is 32.5 Å². The summed E-state index contributed by atoms with van der Waals surface area (Å²) in [5, 5.41) is 3.34. The zero-order chi connectivity index (χ0) is 11.1. The molecule has 0 saturated carbocycles. The van der Waals surface area contributed by atoms with Crippen molar-refractivity contribution in [2.75, 3.05) is 31.6 Å². The molecule has 0 aliphatic carbocycles. The molecule has 0 saturated heterocycles. The van der Waals surface area contributed by atoms with Crippen molar-refractivity contribution in [3.05, 3.63) is 16.9 Å². The molecule has 5 heteroatoms. The van der Waals surface area contributed by atoms with E-state index in [2.05, 4.69) is 38.1 Å². The average molecular weight is 273 g/mol. The van der Waals surface area contributed by atoms with Gasteiger partial charge in [-0.05, 0) is 28.9 Å². The zero-order valence-electron chi connectivity index (χ0n) is 9.20. The lowest BCUT2D eigenvalue weighted by atomic mass is 10.4. The molecule has 84 valence electrons. The Morgan fingerprint density at radius 2 is 2.00 bits per heavy atom. The fourth-order valence-corrected chi connectivity index (χ4v) is 1.36. The molecule has 0 radical (unpaired) electrons. The summed E-state index contributed by atoms with van der Waals surface area (Å²) in [7, 11) is 2.00. The van der Waals surface area contributed by atoms with Crippen LogP contribution in [0.1, 0.15) is 13.3 Å². The minimum absolute atomic E-state index is 0.761. The Kier molecular flexibility index (Phi) is 5.57. The second-order valence-corrected chi connectivity index (χ2v) is 4.29. The molecule has 1 aromatic rings. The number of nitrogens with zero attached hydrogens (tertiary/aromatic N) is 3. The first kappa shape index (κ1) is 12.4. The third kappa shape index (κ3) is 4.57. The Hall–Kier alpha value is -0.680. The minimum atomic E-state index is 0.761. The van der Waals surface area contributed by atoms with Gasteiger partial charge in [-0.1, -0.05) is 6.92 Å². The maximum atomic E-state index is 4.22. The number of halogens is 1. The highest BCUT2D eigenvalue weighted by Gasteiger charge is 2.02. The van der Waals surface area contributed by atoms with Crippen LogP contribution in [0.15, 0.2) is 16.9 Å². The molecule has 0 fully saturated rings. The van der Waals surface area contributed by atoms with Gasteiger partial charge < -0.3 is 10.2 Å². The first-order chi connectivity index (χ1) is 7.24. The molecule has 0 atom stereocenters. The van der Waals surface area contributed by atoms with E-state index in [9.17, 15) is 0 Å². The molecule has 0 unspecified atom stereocenters. The van der Waals surface area contributed by atoms with Crippen LogP contribution < -0.4 is 10.2 Å². The molecule has 1 aromatic heterocycles. The van der Waals surface area contributed by atoms with E-state index in [4.69, 9.17) is 0 Å². The standard InChI is InChI=1S/C10H17BrN4/c1-3-4-12-5-6-15(2)10-13-7-9(11)8-14-10/h7-8,12H,3-6H2,1-2H3. The number of rotatable bonds is 6. The molecule has 1 heterocycles. The highest BCUT2D eigenvalue weighted by molar-refractivity contribution is 9.10. The van der Waals surface area contributed by atoms with Crippen LogP contribution in [0.5, 0.6) is 0 Å². The molecule has 0 aliphatic rings. The summed E-state index contributed by atoms with van der Waals surface area (Å²) < 4.78 is 0.906. The maximum Gasteiger partial charge on any atom is 0.225 e. The summed E-state index contributed by atoms with van der Waals surface area (Å²) in [6, 6.07) is 0. The summed E-state index contributed by atoms with van der Waals surface area (Å²) in [5.41, 5.74) is 0. The van der Waals surface area contributed by atoms with E-state index in [0.717, 1.165) is 30.1 Å². The van der Waals surface area contributed by atoms with Crippen LogP contribution in [0.4, 0.5) is 5.95 Å². The van der Waals surface area contributed by atoms with Crippen molar-refractivity contribution >= 4 is 21.9 Å². The molecule has 4 nitrogen and oxygen atoms in total. The molecule has 1 rings (SSSR count). The van der Waals surface area contributed by atoms with Gasteiger partial charge in [-0.2, -0.15) is 0 Å². The predicted molar refractivity (Wildman–Crippen MR) is 66.2 cm³/mol. The Bertz CT molecular complexity index is 275. The Labute approximate surface area is 99.2 Å². The van der Waals surface area contributed by atoms with Gasteiger partial charge in [0.1, 0.15) is 0 Å². The van der Waals surface area contributed by atoms with E-state index in [-0.39, 0.29) is 0 Å². The highest BCUT2D eigenvalue weighted by Crippen LogP contribution is 2.08. The molecule has 0 aliphatic heterocycles. The number of anilines is 1. The second-order valence-electron chi connectivity index (χ2n) is 3.37. The lowest BCUT2D eigenvalue weighted by Gasteiger charge is -2.16. The molecule has 0 bridgehead atoms. The van der Waals surface area contributed by atoms with Crippen LogP contribution >= 0.6 is 15.9 Å². The fraction of sp³-hybridized carbons (Fsp3) is 0.600. The van der Waals surface area contributed by atoms with E-state index in [1.807, 2.05) is 11.9 Å². The van der Waals surface area contributed by atoms with Crippen molar-refractivity contribution in [1.29, 1.82) is 0 Å². The normalized spacial score (nSPS) is 10.3. The molecule has 0 aromatic carbocycles. The molecule has 1 N–H and O–H groups in total. The Balaban J connectivity index is 2.33. The lowest BCUT2D eigenvalue weighted by Crippen LogP contribution is -2.30. The van der Waals surface area contributed by atoms with E-state index >= 15 is 0 Å². The van der Waals surface area contributed by atoms with E-state index in [1.165, 1.54) is 6.42 Å². The highest BCUT2D eigenvalue weighted by atomic mass is 79.9. The van der Waals surface area contributed by atoms with Crippen LogP contribution in [0, 0.1) is 0 Å². The molecule has 15 heavy (non-hydrogen) atoms. The van der Waals surface area contributed by atoms with Crippen LogP contribution in [0.3, 0.4) is 0 Å². The molecule has 0 spiro atoms. The van der Waals surface area contributed by atoms with Gasteiger partial charge in [0.05, 0.1) is 4.47 Å². The van der Waals surface area contributed by atoms with Crippen LogP contribution in [0.25, 0.3) is 0 Å². The zero-order valence-corrected chi connectivity index (χ0v) is 10.8. The monoisotopic (exact) mass is 272 g/mol. The number of aromatic nitrogens is 2. The smallest absolute Gasteiger partial charge is 0.225 e. The molecular weight excluding hydrogens is 256 g/mol. The van der Waals surface area contributed by atoms with Gasteiger partial charge in [0.25, 0.3) is 0 Å². The van der Waals surface area contributed by atoms with Crippen LogP contribution in [0.2, 0.25) is 0 Å². The first-order valence-corrected chi connectivity index (χ1v) is 5.92. The van der Waals surface area contributed by atoms with Gasteiger partial charge in [-0.3, -0.25) is 0 Å². The quantitative estimate of drug-likeness (QED) is 0.801. The van der Waals surface area contributed by atoms with Gasteiger partial charge in [-0.15, -0.1) is 0 Å². The van der Waals surface area contributed by atoms with Gasteiger partial charge in [-0.25, -0.2) is 9.97 Å². The third-order valence-electron chi connectivity index (χ3n) is 2.00. The summed E-state index contributed by atoms with van der Waals surface area (Å²) in [6.07, 6.45) is 4.69. The number of hydrogen-bond donors (Lipinski definition) is 1. The Morgan fingerprint density at radius 3 is 2.60 bits per heavy atom. The molecule has 0 amide bonds. The van der Waals surface area contributed by atoms with E-state index in [1.54, 1.807) is 12.4 Å². The fourth-order valence-electron chi connectivity index (χ4n) is 1.15. The summed E-state index contributed by atoms with van der Waals surface area (Å²) in [5.74, 6) is 0.761. The van der Waals surface area contributed by atoms with Crippen LogP contribution in [-0.2, 0) is 0 Å². The van der Waals surface area contributed by atoms with Crippen molar-refractivity contribution in [2.45, 2.75) is 13.3 Å². The number of nitrogens with one attached hydrogen (secondary N) is 1. The van der Waals surface area contributed by atoms with Gasteiger partial charge >= 0.3 is 0 Å². The maximum absolute atomic E-state index is 4.22. The summed E-state index contributed by atoms with van der Waals surface area (Å²) in [4.78, 5) is 10.5. The van der Waals surface area contributed by atoms with Crippen molar-refractivity contribution in [2.24, 2.45) is 0 Å². The summed E-state index contributed by atoms with van der Waals surface area (Å²) >= 11 is 3.31. The van der Waals surface area contributed by atoms with Crippen molar-refractivity contribution in [3.63, 3.8) is 0 Å². The summed E-state index contributed by atoms with van der Waals surface area (Å²) in [6.45, 7) is 5.11. The first-order valence-electron chi connectivity index (χ1n) is 5.13. The number of likely N-dealkylation sites (N-methyl/N-ethyl adjacent to an activating group) is 1. The predicted octanol–water partition coefficient (Wildman–Crippen LogP) is 1.67. The number of hydrogen-bond acceptors (Lipinski definition) is 4. The SMILES string of the molecule is CCCNCCN(C)c1ncc(Br)cn1.